The molecule has 1 fully saturated rings. The summed E-state index contributed by atoms with van der Waals surface area (Å²) in [7, 11) is 1.61. The SMILES string of the molecule is COCCNCC(=O)NCC(=O)NC1CCCCC1. The third-order valence-corrected chi connectivity index (χ3v) is 3.18. The van der Waals surface area contributed by atoms with Crippen molar-refractivity contribution in [3.05, 3.63) is 0 Å². The van der Waals surface area contributed by atoms with Crippen LogP contribution in [0.5, 0.6) is 0 Å². The van der Waals surface area contributed by atoms with E-state index in [1.165, 1.54) is 19.3 Å². The van der Waals surface area contributed by atoms with Crippen LogP contribution in [-0.4, -0.2) is 51.2 Å². The number of hydrogen-bond acceptors (Lipinski definition) is 4. The minimum Gasteiger partial charge on any atom is -0.383 e. The monoisotopic (exact) mass is 271 g/mol. The van der Waals surface area contributed by atoms with Gasteiger partial charge in [-0.15, -0.1) is 0 Å². The molecular formula is C13H25N3O3. The van der Waals surface area contributed by atoms with Crippen molar-refractivity contribution in [3.63, 3.8) is 0 Å². The van der Waals surface area contributed by atoms with E-state index in [1.54, 1.807) is 7.11 Å². The summed E-state index contributed by atoms with van der Waals surface area (Å²) in [5.74, 6) is -0.271. The molecule has 2 amide bonds. The second-order valence-corrected chi connectivity index (χ2v) is 4.85. The van der Waals surface area contributed by atoms with Crippen molar-refractivity contribution >= 4 is 11.8 Å². The molecule has 0 saturated heterocycles. The maximum atomic E-state index is 11.6. The molecule has 0 heterocycles. The molecule has 0 spiro atoms. The van der Waals surface area contributed by atoms with Gasteiger partial charge in [-0.25, -0.2) is 0 Å². The van der Waals surface area contributed by atoms with Gasteiger partial charge in [-0.1, -0.05) is 19.3 Å². The van der Waals surface area contributed by atoms with Gasteiger partial charge in [0.15, 0.2) is 0 Å². The number of amides is 2. The van der Waals surface area contributed by atoms with Gasteiger partial charge in [0.05, 0.1) is 19.7 Å². The molecule has 0 atom stereocenters. The minimum absolute atomic E-state index is 0.0568. The predicted octanol–water partition coefficient (Wildman–Crippen LogP) is -0.212. The second-order valence-electron chi connectivity index (χ2n) is 4.85. The lowest BCUT2D eigenvalue weighted by atomic mass is 9.95. The van der Waals surface area contributed by atoms with E-state index in [-0.39, 0.29) is 30.9 Å². The summed E-state index contributed by atoms with van der Waals surface area (Å²) in [5, 5.41) is 8.47. The van der Waals surface area contributed by atoms with Crippen LogP contribution in [0.3, 0.4) is 0 Å². The Kier molecular flexibility index (Phi) is 8.16. The molecule has 1 aliphatic carbocycles. The molecule has 0 aromatic carbocycles. The van der Waals surface area contributed by atoms with E-state index >= 15 is 0 Å². The van der Waals surface area contributed by atoms with Gasteiger partial charge >= 0.3 is 0 Å². The second kappa shape index (κ2) is 9.75. The van der Waals surface area contributed by atoms with Crippen LogP contribution in [0.25, 0.3) is 0 Å². The van der Waals surface area contributed by atoms with Crippen LogP contribution >= 0.6 is 0 Å². The highest BCUT2D eigenvalue weighted by molar-refractivity contribution is 5.85. The van der Waals surface area contributed by atoms with Gasteiger partial charge in [0.2, 0.25) is 11.8 Å². The van der Waals surface area contributed by atoms with E-state index in [9.17, 15) is 9.59 Å². The summed E-state index contributed by atoms with van der Waals surface area (Å²) in [5.41, 5.74) is 0. The van der Waals surface area contributed by atoms with E-state index < -0.39 is 0 Å². The van der Waals surface area contributed by atoms with E-state index in [0.717, 1.165) is 12.8 Å². The number of rotatable bonds is 8. The van der Waals surface area contributed by atoms with Crippen LogP contribution in [0.4, 0.5) is 0 Å². The highest BCUT2D eigenvalue weighted by atomic mass is 16.5. The molecule has 0 unspecified atom stereocenters. The Morgan fingerprint density at radius 2 is 1.84 bits per heavy atom. The molecule has 110 valence electrons. The number of carbonyl (C=O) groups excluding carboxylic acids is 2. The smallest absolute Gasteiger partial charge is 0.239 e. The fourth-order valence-corrected chi connectivity index (χ4v) is 2.14. The zero-order chi connectivity index (χ0) is 13.9. The number of methoxy groups -OCH3 is 1. The highest BCUT2D eigenvalue weighted by Gasteiger charge is 2.15. The van der Waals surface area contributed by atoms with Crippen LogP contribution in [0.1, 0.15) is 32.1 Å². The Labute approximate surface area is 114 Å². The van der Waals surface area contributed by atoms with E-state index in [1.807, 2.05) is 0 Å². The molecular weight excluding hydrogens is 246 g/mol. The van der Waals surface area contributed by atoms with Crippen molar-refractivity contribution in [1.82, 2.24) is 16.0 Å². The molecule has 1 rings (SSSR count). The minimum atomic E-state index is -0.171. The van der Waals surface area contributed by atoms with Crippen molar-refractivity contribution in [3.8, 4) is 0 Å². The van der Waals surface area contributed by atoms with Crippen LogP contribution in [0, 0.1) is 0 Å². The van der Waals surface area contributed by atoms with Gasteiger partial charge in [0, 0.05) is 19.7 Å². The van der Waals surface area contributed by atoms with Gasteiger partial charge in [-0.2, -0.15) is 0 Å². The van der Waals surface area contributed by atoms with Gasteiger partial charge in [0.25, 0.3) is 0 Å². The summed E-state index contributed by atoms with van der Waals surface area (Å²) < 4.78 is 4.85. The summed E-state index contributed by atoms with van der Waals surface area (Å²) in [6, 6.07) is 0.290. The fraction of sp³-hybridized carbons (Fsp3) is 0.846. The Bertz CT molecular complexity index is 278. The molecule has 0 aliphatic heterocycles. The van der Waals surface area contributed by atoms with E-state index in [2.05, 4.69) is 16.0 Å². The van der Waals surface area contributed by atoms with Crippen molar-refractivity contribution in [2.45, 2.75) is 38.1 Å². The molecule has 3 N–H and O–H groups in total. The molecule has 1 saturated carbocycles. The quantitative estimate of drug-likeness (QED) is 0.534. The molecule has 6 nitrogen and oxygen atoms in total. The molecule has 0 aromatic rings. The number of hydrogen-bond donors (Lipinski definition) is 3. The average Bonchev–Trinajstić information content (AvgIpc) is 2.42. The number of ether oxygens (including phenoxy) is 1. The Balaban J connectivity index is 2.03. The first-order chi connectivity index (χ1) is 9.22. The van der Waals surface area contributed by atoms with Crippen LogP contribution in [0.15, 0.2) is 0 Å². The third-order valence-electron chi connectivity index (χ3n) is 3.18. The first kappa shape index (κ1) is 15.9. The van der Waals surface area contributed by atoms with Crippen molar-refractivity contribution in [2.24, 2.45) is 0 Å². The largest absolute Gasteiger partial charge is 0.383 e. The zero-order valence-electron chi connectivity index (χ0n) is 11.7. The van der Waals surface area contributed by atoms with Crippen LogP contribution in [-0.2, 0) is 14.3 Å². The van der Waals surface area contributed by atoms with Gasteiger partial charge < -0.3 is 20.7 Å². The Morgan fingerprint density at radius 1 is 1.11 bits per heavy atom. The summed E-state index contributed by atoms with van der Waals surface area (Å²) >= 11 is 0. The zero-order valence-corrected chi connectivity index (χ0v) is 11.7. The average molecular weight is 271 g/mol. The lowest BCUT2D eigenvalue weighted by Gasteiger charge is -2.22. The fourth-order valence-electron chi connectivity index (χ4n) is 2.14. The topological polar surface area (TPSA) is 79.5 Å². The van der Waals surface area contributed by atoms with Gasteiger partial charge in [0.1, 0.15) is 0 Å². The third kappa shape index (κ3) is 7.79. The molecule has 0 radical (unpaired) electrons. The number of carbonyl (C=O) groups is 2. The normalized spacial score (nSPS) is 16.1. The predicted molar refractivity (Wildman–Crippen MR) is 72.8 cm³/mol. The van der Waals surface area contributed by atoms with Crippen LogP contribution in [0.2, 0.25) is 0 Å². The highest BCUT2D eigenvalue weighted by Crippen LogP contribution is 2.16. The molecule has 1 aliphatic rings. The molecule has 0 bridgehead atoms. The summed E-state index contributed by atoms with van der Waals surface area (Å²) in [6.45, 7) is 1.45. The Morgan fingerprint density at radius 3 is 2.53 bits per heavy atom. The van der Waals surface area contributed by atoms with Crippen LogP contribution < -0.4 is 16.0 Å². The number of nitrogens with one attached hydrogen (secondary N) is 3. The van der Waals surface area contributed by atoms with Crippen molar-refractivity contribution in [1.29, 1.82) is 0 Å². The van der Waals surface area contributed by atoms with E-state index in [4.69, 9.17) is 4.74 Å². The maximum Gasteiger partial charge on any atom is 0.239 e. The van der Waals surface area contributed by atoms with E-state index in [0.29, 0.717) is 13.2 Å². The Hall–Kier alpha value is -1.14. The maximum absolute atomic E-state index is 11.6. The molecule has 6 heteroatoms. The van der Waals surface area contributed by atoms with Gasteiger partial charge in [-0.05, 0) is 12.8 Å². The standard InChI is InChI=1S/C13H25N3O3/c1-19-8-7-14-9-12(17)15-10-13(18)16-11-5-3-2-4-6-11/h11,14H,2-10H2,1H3,(H,15,17)(H,16,18). The summed E-state index contributed by atoms with van der Waals surface area (Å²) in [6.07, 6.45) is 5.73. The first-order valence-corrected chi connectivity index (χ1v) is 6.98. The van der Waals surface area contributed by atoms with Gasteiger partial charge in [-0.3, -0.25) is 9.59 Å². The summed E-state index contributed by atoms with van der Waals surface area (Å²) in [4.78, 5) is 23.0. The van der Waals surface area contributed by atoms with Crippen molar-refractivity contribution < 1.29 is 14.3 Å². The van der Waals surface area contributed by atoms with Crippen molar-refractivity contribution in [2.75, 3.05) is 33.4 Å². The lowest BCUT2D eigenvalue weighted by Crippen LogP contribution is -2.44. The lowest BCUT2D eigenvalue weighted by molar-refractivity contribution is -0.126. The first-order valence-electron chi connectivity index (χ1n) is 6.98. The molecule has 19 heavy (non-hydrogen) atoms. The molecule has 0 aromatic heterocycles.